The van der Waals surface area contributed by atoms with E-state index < -0.39 is 35.8 Å². The van der Waals surface area contributed by atoms with E-state index in [1.54, 1.807) is 24.3 Å². The molecule has 1 heterocycles. The number of esters is 1. The van der Waals surface area contributed by atoms with Crippen molar-refractivity contribution >= 4 is 41.1 Å². The molecule has 0 unspecified atom stereocenters. The zero-order valence-electron chi connectivity index (χ0n) is 14.5. The lowest BCUT2D eigenvalue weighted by Crippen LogP contribution is -2.48. The molecule has 0 fully saturated rings. The Bertz CT molecular complexity index is 709. The molecule has 1 aromatic carbocycles. The minimum Gasteiger partial charge on any atom is -0.467 e. The van der Waals surface area contributed by atoms with Gasteiger partial charge in [-0.3, -0.25) is 14.4 Å². The number of para-hydroxylation sites is 1. The van der Waals surface area contributed by atoms with Crippen molar-refractivity contribution < 1.29 is 23.9 Å². The number of fused-ring (bicyclic) bond motifs is 1. The van der Waals surface area contributed by atoms with E-state index in [9.17, 15) is 19.2 Å². The maximum Gasteiger partial charge on any atom is 0.328 e. The van der Waals surface area contributed by atoms with E-state index in [0.29, 0.717) is 23.4 Å². The normalized spacial score (nSPS) is 17.2. The van der Waals surface area contributed by atoms with E-state index in [4.69, 9.17) is 0 Å². The Balaban J connectivity index is 2.03. The minimum absolute atomic E-state index is 0.279. The van der Waals surface area contributed by atoms with Crippen LogP contribution in [0.5, 0.6) is 0 Å². The summed E-state index contributed by atoms with van der Waals surface area (Å²) < 4.78 is 4.69. The highest BCUT2D eigenvalue weighted by Gasteiger charge is 2.30. The zero-order chi connectivity index (χ0) is 19.1. The van der Waals surface area contributed by atoms with Gasteiger partial charge in [0.15, 0.2) is 0 Å². The molecule has 1 aromatic rings. The number of thioether (sulfide) groups is 1. The molecule has 1 aliphatic heterocycles. The molecule has 0 saturated carbocycles. The van der Waals surface area contributed by atoms with Crippen LogP contribution in [0.15, 0.2) is 24.3 Å². The van der Waals surface area contributed by atoms with Crippen LogP contribution in [0.3, 0.4) is 0 Å². The highest BCUT2D eigenvalue weighted by Crippen LogP contribution is 2.18. The van der Waals surface area contributed by atoms with Crippen molar-refractivity contribution in [3.8, 4) is 0 Å². The van der Waals surface area contributed by atoms with Crippen LogP contribution in [0.25, 0.3) is 0 Å². The smallest absolute Gasteiger partial charge is 0.328 e. The SMILES string of the molecule is COC(=O)[C@H](CCSC)NC(=O)C[C@H]1NC(=O)c2ccccc2NC1=O. The van der Waals surface area contributed by atoms with Crippen molar-refractivity contribution in [3.05, 3.63) is 29.8 Å². The van der Waals surface area contributed by atoms with Gasteiger partial charge in [0.1, 0.15) is 12.1 Å². The average molecular weight is 379 g/mol. The summed E-state index contributed by atoms with van der Waals surface area (Å²) in [5.41, 5.74) is 0.724. The Morgan fingerprint density at radius 1 is 1.31 bits per heavy atom. The predicted octanol–water partition coefficient (Wildman–Crippen LogP) is 0.538. The number of hydrogen-bond donors (Lipinski definition) is 3. The number of ether oxygens (including phenoxy) is 1. The average Bonchev–Trinajstić information content (AvgIpc) is 2.74. The van der Waals surface area contributed by atoms with Gasteiger partial charge in [0.25, 0.3) is 5.91 Å². The van der Waals surface area contributed by atoms with Gasteiger partial charge in [0.05, 0.1) is 24.8 Å². The van der Waals surface area contributed by atoms with Crippen molar-refractivity contribution in [2.75, 3.05) is 24.4 Å². The summed E-state index contributed by atoms with van der Waals surface area (Å²) in [5.74, 6) is -1.33. The molecule has 1 aliphatic rings. The van der Waals surface area contributed by atoms with E-state index in [2.05, 4.69) is 20.7 Å². The van der Waals surface area contributed by atoms with Crippen LogP contribution >= 0.6 is 11.8 Å². The van der Waals surface area contributed by atoms with Crippen LogP contribution in [0.4, 0.5) is 5.69 Å². The third-order valence-electron chi connectivity index (χ3n) is 3.87. The fourth-order valence-corrected chi connectivity index (χ4v) is 2.99. The Morgan fingerprint density at radius 3 is 2.73 bits per heavy atom. The molecule has 0 spiro atoms. The minimum atomic E-state index is -1.03. The first-order valence-electron chi connectivity index (χ1n) is 8.03. The molecular formula is C17H21N3O5S. The number of anilines is 1. The van der Waals surface area contributed by atoms with Crippen LogP contribution in [-0.2, 0) is 19.1 Å². The molecule has 8 nitrogen and oxygen atoms in total. The lowest BCUT2D eigenvalue weighted by Gasteiger charge is -2.18. The number of carbonyl (C=O) groups is 4. The summed E-state index contributed by atoms with van der Waals surface area (Å²) in [6.07, 6.45) is 2.02. The summed E-state index contributed by atoms with van der Waals surface area (Å²) in [6, 6.07) is 4.76. The van der Waals surface area contributed by atoms with Gasteiger partial charge in [-0.2, -0.15) is 11.8 Å². The highest BCUT2D eigenvalue weighted by molar-refractivity contribution is 7.98. The van der Waals surface area contributed by atoms with Gasteiger partial charge in [0, 0.05) is 0 Å². The summed E-state index contributed by atoms with van der Waals surface area (Å²) in [7, 11) is 1.25. The molecule has 3 N–H and O–H groups in total. The van der Waals surface area contributed by atoms with Gasteiger partial charge in [-0.25, -0.2) is 4.79 Å². The quantitative estimate of drug-likeness (QED) is 0.596. The number of nitrogens with one attached hydrogen (secondary N) is 3. The molecule has 0 saturated heterocycles. The first-order valence-corrected chi connectivity index (χ1v) is 9.42. The van der Waals surface area contributed by atoms with Crippen LogP contribution in [0, 0.1) is 0 Å². The second-order valence-electron chi connectivity index (χ2n) is 5.69. The van der Waals surface area contributed by atoms with Crippen LogP contribution in [-0.4, -0.2) is 54.9 Å². The Hall–Kier alpha value is -2.55. The summed E-state index contributed by atoms with van der Waals surface area (Å²) in [5, 5.41) is 7.74. The van der Waals surface area contributed by atoms with Gasteiger partial charge < -0.3 is 20.7 Å². The van der Waals surface area contributed by atoms with E-state index in [1.807, 2.05) is 6.26 Å². The Labute approximate surface area is 155 Å². The van der Waals surface area contributed by atoms with Gasteiger partial charge in [-0.05, 0) is 30.6 Å². The van der Waals surface area contributed by atoms with Gasteiger partial charge in [-0.15, -0.1) is 0 Å². The predicted molar refractivity (Wildman–Crippen MR) is 97.9 cm³/mol. The lowest BCUT2D eigenvalue weighted by molar-refractivity contribution is -0.145. The van der Waals surface area contributed by atoms with Crippen LogP contribution in [0.2, 0.25) is 0 Å². The molecule has 9 heteroatoms. The van der Waals surface area contributed by atoms with Gasteiger partial charge in [-0.1, -0.05) is 12.1 Å². The van der Waals surface area contributed by atoms with Crippen molar-refractivity contribution in [2.24, 2.45) is 0 Å². The number of methoxy groups -OCH3 is 1. The zero-order valence-corrected chi connectivity index (χ0v) is 15.4. The fraction of sp³-hybridized carbons (Fsp3) is 0.412. The monoisotopic (exact) mass is 379 g/mol. The standard InChI is InChI=1S/C17H21N3O5S/c1-25-17(24)12(7-8-26-2)18-14(21)9-13-16(23)19-11-6-4-3-5-10(11)15(22)20-13/h3-6,12-13H,7-9H2,1-2H3,(H,18,21)(H,19,23)(H,20,22)/t12-,13+/m0/s1. The third kappa shape index (κ3) is 4.98. The Morgan fingerprint density at radius 2 is 2.04 bits per heavy atom. The van der Waals surface area contributed by atoms with Gasteiger partial charge >= 0.3 is 5.97 Å². The molecule has 0 aliphatic carbocycles. The maximum absolute atomic E-state index is 12.3. The molecule has 2 atom stereocenters. The van der Waals surface area contributed by atoms with Crippen molar-refractivity contribution in [1.29, 1.82) is 0 Å². The van der Waals surface area contributed by atoms with E-state index in [1.165, 1.54) is 18.9 Å². The second-order valence-corrected chi connectivity index (χ2v) is 6.68. The second kappa shape index (κ2) is 9.23. The fourth-order valence-electron chi connectivity index (χ4n) is 2.52. The summed E-state index contributed by atoms with van der Waals surface area (Å²) in [6.45, 7) is 0. The maximum atomic E-state index is 12.3. The largest absolute Gasteiger partial charge is 0.467 e. The molecule has 3 amide bonds. The molecule has 140 valence electrons. The summed E-state index contributed by atoms with van der Waals surface area (Å²) in [4.78, 5) is 48.6. The Kier molecular flexibility index (Phi) is 7.02. The van der Waals surface area contributed by atoms with Crippen molar-refractivity contribution in [3.63, 3.8) is 0 Å². The number of hydrogen-bond acceptors (Lipinski definition) is 6. The van der Waals surface area contributed by atoms with Crippen molar-refractivity contribution in [2.45, 2.75) is 24.9 Å². The first kappa shape index (κ1) is 19.8. The van der Waals surface area contributed by atoms with E-state index in [0.717, 1.165) is 0 Å². The van der Waals surface area contributed by atoms with E-state index in [-0.39, 0.29) is 6.42 Å². The summed E-state index contributed by atoms with van der Waals surface area (Å²) >= 11 is 1.54. The molecule has 0 aromatic heterocycles. The van der Waals surface area contributed by atoms with Gasteiger partial charge in [0.2, 0.25) is 11.8 Å². The number of benzene rings is 1. The molecular weight excluding hydrogens is 358 g/mol. The molecule has 2 rings (SSSR count). The number of carbonyl (C=O) groups excluding carboxylic acids is 4. The molecule has 0 bridgehead atoms. The first-order chi connectivity index (χ1) is 12.5. The van der Waals surface area contributed by atoms with Crippen LogP contribution in [0.1, 0.15) is 23.2 Å². The third-order valence-corrected chi connectivity index (χ3v) is 4.52. The van der Waals surface area contributed by atoms with Crippen molar-refractivity contribution in [1.82, 2.24) is 10.6 Å². The molecule has 26 heavy (non-hydrogen) atoms. The number of amides is 3. The number of rotatable bonds is 7. The lowest BCUT2D eigenvalue weighted by atomic mass is 10.1. The van der Waals surface area contributed by atoms with E-state index >= 15 is 0 Å². The topological polar surface area (TPSA) is 114 Å². The highest BCUT2D eigenvalue weighted by atomic mass is 32.2. The molecule has 0 radical (unpaired) electrons. The van der Waals surface area contributed by atoms with Crippen LogP contribution < -0.4 is 16.0 Å².